The summed E-state index contributed by atoms with van der Waals surface area (Å²) in [5.74, 6) is -16.0. The molecule has 23 N–H and O–H groups in total. The molecule has 18 amide bonds. The molecule has 0 aliphatic heterocycles. The Labute approximate surface area is 665 Å². The summed E-state index contributed by atoms with van der Waals surface area (Å²) in [6, 6.07) is -4.42. The average Bonchev–Trinajstić information content (AvgIpc) is 1.33. The second-order valence-corrected chi connectivity index (χ2v) is 33.3. The van der Waals surface area contributed by atoms with Gasteiger partial charge in [0.2, 0.25) is 106 Å². The van der Waals surface area contributed by atoms with Crippen LogP contribution in [0.5, 0.6) is 0 Å². The minimum absolute atomic E-state index is 0.00766. The number of aromatic nitrogens is 1. The predicted molar refractivity (Wildman–Crippen MR) is 420 cm³/mol. The first-order valence-electron chi connectivity index (χ1n) is 37.9. The number of fused-ring (bicyclic) bond motifs is 1. The van der Waals surface area contributed by atoms with Gasteiger partial charge in [-0.15, -0.1) is 0 Å². The molecule has 0 bridgehead atoms. The van der Waals surface area contributed by atoms with Gasteiger partial charge in [-0.25, -0.2) is 0 Å². The number of rotatable bonds is 47. The maximum atomic E-state index is 14.2. The highest BCUT2D eigenvalue weighted by molar-refractivity contribution is 6.03. The lowest BCUT2D eigenvalue weighted by Crippen LogP contribution is -2.66. The van der Waals surface area contributed by atoms with Crippen molar-refractivity contribution in [1.82, 2.24) is 84.7 Å². The summed E-state index contributed by atoms with van der Waals surface area (Å²) in [5.41, 5.74) is 6.79. The fraction of sp³-hybridized carbons (Fsp3) is 0.658. The number of aliphatic hydroxyl groups excluding tert-OH is 1. The minimum Gasteiger partial charge on any atom is -0.394 e. The van der Waals surface area contributed by atoms with Gasteiger partial charge in [0.1, 0.15) is 81.6 Å². The molecule has 0 saturated carbocycles. The van der Waals surface area contributed by atoms with Crippen LogP contribution < -0.4 is 97.0 Å². The Bertz CT molecular complexity index is 3840. The van der Waals surface area contributed by atoms with Crippen molar-refractivity contribution in [2.75, 3.05) is 6.61 Å². The Morgan fingerprint density at radius 2 is 0.667 bits per heavy atom. The van der Waals surface area contributed by atoms with Crippen LogP contribution in [0, 0.1) is 17.8 Å². The molecule has 9 atom stereocenters. The molecule has 2 aromatic rings. The van der Waals surface area contributed by atoms with Gasteiger partial charge in [-0.05, 0) is 165 Å². The SMILES string of the molecule is CC(=O)NC(Cc1c[nH]c2ccccc12)C(=O)NC(C)C(=O)NC(C)(C)C(=O)NC(C)(C)C(=O)NC(CC(C)C)C(=O)NC(C)(C)C(=O)NC(CCC(N)=O)C(=O)NC(C)C(=O)NC(C)(C)C(=O)NC(C)(C)C(=O)NC(CCC(N)=O)C(=O)NC(CC(C)C)C(=O)NC(C)(C)C(=O)NC(CCC(N)=O)C(=O)NC(CO)CC(C)C. The number of aromatic amines is 1. The van der Waals surface area contributed by atoms with Crippen LogP contribution in [0.4, 0.5) is 0 Å². The number of aliphatic hydroxyl groups is 1. The molecule has 0 spiro atoms. The van der Waals surface area contributed by atoms with Gasteiger partial charge in [-0.1, -0.05) is 59.7 Å². The number of hydrogen-bond acceptors (Lipinski definition) is 19. The van der Waals surface area contributed by atoms with Gasteiger partial charge >= 0.3 is 0 Å². The molecule has 9 unspecified atom stereocenters. The Hall–Kier alpha value is -10.8. The van der Waals surface area contributed by atoms with E-state index in [4.69, 9.17) is 17.2 Å². The van der Waals surface area contributed by atoms with Gasteiger partial charge in [0.25, 0.3) is 0 Å². The van der Waals surface area contributed by atoms with Crippen molar-refractivity contribution in [3.8, 4) is 0 Å². The molecular formula is C76H125N19O19. The molecule has 638 valence electrons. The molecule has 1 aromatic heterocycles. The summed E-state index contributed by atoms with van der Waals surface area (Å²) < 4.78 is 0. The summed E-state index contributed by atoms with van der Waals surface area (Å²) in [6.45, 7) is 29.7. The number of amides is 18. The molecule has 0 aliphatic carbocycles. The van der Waals surface area contributed by atoms with Crippen LogP contribution >= 0.6 is 0 Å². The molecular weight excluding hydrogens is 1480 g/mol. The van der Waals surface area contributed by atoms with Gasteiger partial charge < -0.3 is 107 Å². The van der Waals surface area contributed by atoms with E-state index in [1.54, 1.807) is 33.9 Å². The van der Waals surface area contributed by atoms with Crippen molar-refractivity contribution in [3.63, 3.8) is 0 Å². The Balaban J connectivity index is 2.23. The molecule has 38 nitrogen and oxygen atoms in total. The van der Waals surface area contributed by atoms with E-state index in [2.05, 4.69) is 84.7 Å². The standard InChI is InChI=1S/C76H125N19O19/c1-38(2)32-45(37-96)84-60(104)49(27-30-55(78)99)87-66(110)71(10,11)92-63(107)51(33-39(3)4)85-61(105)50(28-31-56(79)100)88-67(111)73(14,15)94-69(113)75(18,19)90-57(101)41(7)81-59(103)48(26-29-54(77)98)86-65(109)72(12,13)93-64(108)52(34-40(5)6)89-68(112)74(16,17)95-70(114)76(20,21)91-58(102)42(8)82-62(106)53(83-43(9)97)35-44-36-80-47-25-23-22-24-46(44)47/h22-25,36,38-42,45,48-53,80,96H,26-35,37H2,1-21H3,(H2,77,98)(H2,78,99)(H2,79,100)(H,81,103)(H,82,106)(H,83,97)(H,84,104)(H,85,105)(H,86,109)(H,87,110)(H,88,111)(H,89,112)(H,90,101)(H,91,102)(H,92,107)(H,93,108)(H,94,113)(H,95,114). The first kappa shape index (κ1) is 99.3. The molecule has 0 fully saturated rings. The number of hydrogen-bond donors (Lipinski definition) is 20. The highest BCUT2D eigenvalue weighted by Gasteiger charge is 2.44. The highest BCUT2D eigenvalue weighted by atomic mass is 16.3. The smallest absolute Gasteiger partial charge is 0.246 e. The molecule has 1 aromatic carbocycles. The number of H-pyrrole nitrogens is 1. The molecule has 38 heteroatoms. The predicted octanol–water partition coefficient (Wildman–Crippen LogP) is -2.57. The number of primary amides is 3. The van der Waals surface area contributed by atoms with E-state index < -0.39 is 226 Å². The lowest BCUT2D eigenvalue weighted by molar-refractivity contribution is -0.140. The van der Waals surface area contributed by atoms with Crippen LogP contribution in [-0.4, -0.2) is 211 Å². The first-order valence-corrected chi connectivity index (χ1v) is 37.9. The van der Waals surface area contributed by atoms with Crippen molar-refractivity contribution >= 4 is 117 Å². The van der Waals surface area contributed by atoms with E-state index >= 15 is 0 Å². The molecule has 0 saturated heterocycles. The number of para-hydroxylation sites is 1. The Kier molecular flexibility index (Phi) is 37.3. The maximum Gasteiger partial charge on any atom is 0.246 e. The van der Waals surface area contributed by atoms with E-state index in [-0.39, 0.29) is 49.9 Å². The van der Waals surface area contributed by atoms with E-state index in [0.29, 0.717) is 6.42 Å². The molecule has 0 radical (unpaired) electrons. The lowest BCUT2D eigenvalue weighted by atomic mass is 9.96. The summed E-state index contributed by atoms with van der Waals surface area (Å²) in [4.78, 5) is 246. The van der Waals surface area contributed by atoms with E-state index in [1.165, 1.54) is 104 Å². The van der Waals surface area contributed by atoms with Crippen LogP contribution in [0.15, 0.2) is 30.5 Å². The third kappa shape index (κ3) is 32.7. The largest absolute Gasteiger partial charge is 0.394 e. The van der Waals surface area contributed by atoms with Crippen molar-refractivity contribution in [2.24, 2.45) is 35.0 Å². The second-order valence-electron chi connectivity index (χ2n) is 33.3. The molecule has 1 heterocycles. The first-order chi connectivity index (χ1) is 52.3. The van der Waals surface area contributed by atoms with Gasteiger partial charge in [-0.2, -0.15) is 0 Å². The quantitative estimate of drug-likeness (QED) is 0.0324. The van der Waals surface area contributed by atoms with Crippen molar-refractivity contribution < 1.29 is 91.4 Å². The minimum atomic E-state index is -1.93. The summed E-state index contributed by atoms with van der Waals surface area (Å²) in [5, 5.41) is 49.0. The number of nitrogens with one attached hydrogen (secondary N) is 16. The van der Waals surface area contributed by atoms with E-state index in [0.717, 1.165) is 16.5 Å². The van der Waals surface area contributed by atoms with Gasteiger partial charge in [-0.3, -0.25) is 86.3 Å². The van der Waals surface area contributed by atoms with Gasteiger partial charge in [0.15, 0.2) is 0 Å². The normalized spacial score (nSPS) is 14.4. The highest BCUT2D eigenvalue weighted by Crippen LogP contribution is 2.21. The van der Waals surface area contributed by atoms with Gasteiger partial charge in [0.05, 0.1) is 12.6 Å². The average molecular weight is 1610 g/mol. The number of benzene rings is 1. The van der Waals surface area contributed by atoms with Crippen molar-refractivity contribution in [3.05, 3.63) is 36.0 Å². The lowest BCUT2D eigenvalue weighted by Gasteiger charge is -2.34. The summed E-state index contributed by atoms with van der Waals surface area (Å²) in [7, 11) is 0. The maximum absolute atomic E-state index is 14.2. The zero-order chi connectivity index (χ0) is 87.7. The monoisotopic (exact) mass is 1610 g/mol. The van der Waals surface area contributed by atoms with E-state index in [9.17, 15) is 91.4 Å². The van der Waals surface area contributed by atoms with Crippen molar-refractivity contribution in [1.29, 1.82) is 0 Å². The Morgan fingerprint density at radius 3 is 1.02 bits per heavy atom. The topological polar surface area (TPSA) is 602 Å². The number of carbonyl (C=O) groups excluding carboxylic acids is 18. The van der Waals surface area contributed by atoms with E-state index in [1.807, 2.05) is 38.1 Å². The van der Waals surface area contributed by atoms with Crippen LogP contribution in [0.25, 0.3) is 10.9 Å². The fourth-order valence-electron chi connectivity index (χ4n) is 11.3. The summed E-state index contributed by atoms with van der Waals surface area (Å²) in [6.07, 6.45) is -0.172. The third-order valence-corrected chi connectivity index (χ3v) is 18.2. The number of carbonyl (C=O) groups is 18. The molecule has 0 aliphatic rings. The van der Waals surface area contributed by atoms with Crippen LogP contribution in [0.1, 0.15) is 209 Å². The molecule has 2 rings (SSSR count). The van der Waals surface area contributed by atoms with Crippen molar-refractivity contribution in [2.45, 2.75) is 297 Å². The van der Waals surface area contributed by atoms with Crippen LogP contribution in [0.3, 0.4) is 0 Å². The fourth-order valence-corrected chi connectivity index (χ4v) is 11.3. The summed E-state index contributed by atoms with van der Waals surface area (Å²) >= 11 is 0. The van der Waals surface area contributed by atoms with Crippen LogP contribution in [0.2, 0.25) is 0 Å². The van der Waals surface area contributed by atoms with Crippen LogP contribution in [-0.2, 0) is 92.7 Å². The second kappa shape index (κ2) is 42.9. The third-order valence-electron chi connectivity index (χ3n) is 18.2. The molecule has 114 heavy (non-hydrogen) atoms. The number of nitrogens with two attached hydrogens (primary N) is 3. The Morgan fingerprint density at radius 1 is 0.360 bits per heavy atom. The van der Waals surface area contributed by atoms with Gasteiger partial charge in [0, 0.05) is 49.7 Å². The zero-order valence-electron chi connectivity index (χ0n) is 69.6. The zero-order valence-corrected chi connectivity index (χ0v) is 69.6.